The van der Waals surface area contributed by atoms with Crippen molar-refractivity contribution in [2.45, 2.75) is 0 Å². The van der Waals surface area contributed by atoms with Crippen molar-refractivity contribution >= 4 is 11.5 Å². The van der Waals surface area contributed by atoms with Crippen molar-refractivity contribution in [3.8, 4) is 0 Å². The van der Waals surface area contributed by atoms with Crippen LogP contribution in [0.1, 0.15) is 0 Å². The second-order valence-corrected chi connectivity index (χ2v) is 3.60. The number of imidazole rings is 1. The molecule has 1 N–H and O–H groups in total. The number of nitrogens with zero attached hydrogens (tertiary/aromatic N) is 2. The Morgan fingerprint density at radius 2 is 2.24 bits per heavy atom. The topological polar surface area (TPSA) is 47.8 Å². The molecule has 0 saturated carbocycles. The molecule has 2 aromatic rings. The van der Waals surface area contributed by atoms with Crippen LogP contribution in [0.25, 0.3) is 5.65 Å². The van der Waals surface area contributed by atoms with E-state index in [1.807, 2.05) is 28.8 Å². The normalized spacial score (nSPS) is 10.9. The van der Waals surface area contributed by atoms with E-state index in [0.717, 1.165) is 18.0 Å². The Bertz CT molecular complexity index is 456. The number of anilines is 1. The Kier molecular flexibility index (Phi) is 4.35. The fourth-order valence-corrected chi connectivity index (χ4v) is 1.59. The SMILES string of the molecule is COCCOCCNc1cccc2nccn12. The fourth-order valence-electron chi connectivity index (χ4n) is 1.59. The van der Waals surface area contributed by atoms with Gasteiger partial charge in [-0.2, -0.15) is 0 Å². The molecule has 92 valence electrons. The molecule has 0 fully saturated rings. The smallest absolute Gasteiger partial charge is 0.138 e. The molecule has 0 unspecified atom stereocenters. The summed E-state index contributed by atoms with van der Waals surface area (Å²) in [6.07, 6.45) is 3.72. The van der Waals surface area contributed by atoms with Crippen LogP contribution < -0.4 is 5.32 Å². The molecule has 0 aliphatic carbocycles. The zero-order valence-corrected chi connectivity index (χ0v) is 9.93. The van der Waals surface area contributed by atoms with E-state index in [1.54, 1.807) is 13.3 Å². The molecule has 0 radical (unpaired) electrons. The van der Waals surface area contributed by atoms with Crippen LogP contribution in [0.15, 0.2) is 30.6 Å². The molecule has 17 heavy (non-hydrogen) atoms. The summed E-state index contributed by atoms with van der Waals surface area (Å²) in [5.74, 6) is 1.02. The van der Waals surface area contributed by atoms with Crippen LogP contribution >= 0.6 is 0 Å². The van der Waals surface area contributed by atoms with E-state index in [9.17, 15) is 0 Å². The molecule has 0 bridgehead atoms. The molecule has 0 aliphatic heterocycles. The highest BCUT2D eigenvalue weighted by molar-refractivity contribution is 5.49. The summed E-state index contributed by atoms with van der Waals surface area (Å²) in [7, 11) is 1.67. The lowest BCUT2D eigenvalue weighted by atomic mass is 10.4. The fraction of sp³-hybridized carbons (Fsp3) is 0.417. The van der Waals surface area contributed by atoms with Crippen molar-refractivity contribution in [3.05, 3.63) is 30.6 Å². The molecule has 0 aromatic carbocycles. The van der Waals surface area contributed by atoms with Gasteiger partial charge in [0, 0.05) is 26.0 Å². The Labute approximate surface area is 100 Å². The maximum atomic E-state index is 5.38. The molecular weight excluding hydrogens is 218 g/mol. The average molecular weight is 235 g/mol. The number of pyridine rings is 1. The lowest BCUT2D eigenvalue weighted by molar-refractivity contribution is 0.0759. The van der Waals surface area contributed by atoms with Gasteiger partial charge in [-0.3, -0.25) is 4.40 Å². The summed E-state index contributed by atoms with van der Waals surface area (Å²) < 4.78 is 12.3. The second-order valence-electron chi connectivity index (χ2n) is 3.60. The van der Waals surface area contributed by atoms with Gasteiger partial charge >= 0.3 is 0 Å². The highest BCUT2D eigenvalue weighted by atomic mass is 16.5. The van der Waals surface area contributed by atoms with Crippen LogP contribution in [0.2, 0.25) is 0 Å². The maximum absolute atomic E-state index is 5.38. The predicted octanol–water partition coefficient (Wildman–Crippen LogP) is 1.41. The summed E-state index contributed by atoms with van der Waals surface area (Å²) in [5, 5.41) is 3.31. The monoisotopic (exact) mass is 235 g/mol. The van der Waals surface area contributed by atoms with E-state index in [1.165, 1.54) is 0 Å². The summed E-state index contributed by atoms with van der Waals surface area (Å²) >= 11 is 0. The molecule has 2 aromatic heterocycles. The van der Waals surface area contributed by atoms with Gasteiger partial charge in [0.1, 0.15) is 11.5 Å². The first-order valence-corrected chi connectivity index (χ1v) is 5.64. The molecule has 0 amide bonds. The summed E-state index contributed by atoms with van der Waals surface area (Å²) in [4.78, 5) is 4.22. The van der Waals surface area contributed by atoms with Crippen LogP contribution in [0, 0.1) is 0 Å². The van der Waals surface area contributed by atoms with Crippen molar-refractivity contribution in [2.75, 3.05) is 38.8 Å². The highest BCUT2D eigenvalue weighted by Gasteiger charge is 1.98. The first-order valence-electron chi connectivity index (χ1n) is 5.64. The van der Waals surface area contributed by atoms with Crippen LogP contribution in [0.4, 0.5) is 5.82 Å². The van der Waals surface area contributed by atoms with Gasteiger partial charge in [0.15, 0.2) is 0 Å². The van der Waals surface area contributed by atoms with Gasteiger partial charge in [0.2, 0.25) is 0 Å². The molecule has 5 heteroatoms. The molecule has 0 aliphatic rings. The van der Waals surface area contributed by atoms with Gasteiger partial charge in [-0.05, 0) is 12.1 Å². The Hall–Kier alpha value is -1.59. The van der Waals surface area contributed by atoms with Crippen molar-refractivity contribution in [3.63, 3.8) is 0 Å². The van der Waals surface area contributed by atoms with Gasteiger partial charge in [-0.1, -0.05) is 6.07 Å². The van der Waals surface area contributed by atoms with Crippen LogP contribution in [-0.2, 0) is 9.47 Å². The van der Waals surface area contributed by atoms with Crippen LogP contribution in [-0.4, -0.2) is 42.9 Å². The number of methoxy groups -OCH3 is 1. The minimum absolute atomic E-state index is 0.632. The average Bonchev–Trinajstić information content (AvgIpc) is 2.82. The second kappa shape index (κ2) is 6.22. The predicted molar refractivity (Wildman–Crippen MR) is 66.4 cm³/mol. The quantitative estimate of drug-likeness (QED) is 0.737. The lowest BCUT2D eigenvalue weighted by Crippen LogP contribution is -2.13. The van der Waals surface area contributed by atoms with Crippen molar-refractivity contribution in [2.24, 2.45) is 0 Å². The van der Waals surface area contributed by atoms with E-state index in [2.05, 4.69) is 10.3 Å². The van der Waals surface area contributed by atoms with Crippen LogP contribution in [0.5, 0.6) is 0 Å². The molecule has 0 saturated heterocycles. The maximum Gasteiger partial charge on any atom is 0.138 e. The van der Waals surface area contributed by atoms with Gasteiger partial charge < -0.3 is 14.8 Å². The molecule has 2 heterocycles. The Morgan fingerprint density at radius 3 is 3.12 bits per heavy atom. The first kappa shape index (κ1) is 11.9. The van der Waals surface area contributed by atoms with Crippen molar-refractivity contribution < 1.29 is 9.47 Å². The number of ether oxygens (including phenoxy) is 2. The Morgan fingerprint density at radius 1 is 1.29 bits per heavy atom. The molecule has 5 nitrogen and oxygen atoms in total. The molecular formula is C12H17N3O2. The standard InChI is InChI=1S/C12H17N3O2/c1-16-9-10-17-8-6-14-12-4-2-3-11-13-5-7-15(11)12/h2-5,7,14H,6,8-10H2,1H3. The van der Waals surface area contributed by atoms with Crippen molar-refractivity contribution in [1.29, 1.82) is 0 Å². The highest BCUT2D eigenvalue weighted by Crippen LogP contribution is 2.10. The largest absolute Gasteiger partial charge is 0.382 e. The summed E-state index contributed by atoms with van der Waals surface area (Å²) in [6.45, 7) is 2.69. The van der Waals surface area contributed by atoms with Gasteiger partial charge in [-0.15, -0.1) is 0 Å². The lowest BCUT2D eigenvalue weighted by Gasteiger charge is -2.09. The van der Waals surface area contributed by atoms with E-state index in [-0.39, 0.29) is 0 Å². The summed E-state index contributed by atoms with van der Waals surface area (Å²) in [6, 6.07) is 5.97. The van der Waals surface area contributed by atoms with E-state index < -0.39 is 0 Å². The number of aromatic nitrogens is 2. The minimum Gasteiger partial charge on any atom is -0.382 e. The minimum atomic E-state index is 0.632. The third kappa shape index (κ3) is 3.18. The zero-order chi connectivity index (χ0) is 11.9. The number of hydrogen-bond donors (Lipinski definition) is 1. The third-order valence-corrected chi connectivity index (χ3v) is 2.41. The van der Waals surface area contributed by atoms with Crippen molar-refractivity contribution in [1.82, 2.24) is 9.38 Å². The third-order valence-electron chi connectivity index (χ3n) is 2.41. The number of fused-ring (bicyclic) bond motifs is 1. The van der Waals surface area contributed by atoms with E-state index >= 15 is 0 Å². The number of nitrogens with one attached hydrogen (secondary N) is 1. The van der Waals surface area contributed by atoms with Gasteiger partial charge in [-0.25, -0.2) is 4.98 Å². The number of hydrogen-bond acceptors (Lipinski definition) is 4. The van der Waals surface area contributed by atoms with E-state index in [4.69, 9.17) is 9.47 Å². The summed E-state index contributed by atoms with van der Waals surface area (Å²) in [5.41, 5.74) is 0.940. The van der Waals surface area contributed by atoms with Gasteiger partial charge in [0.25, 0.3) is 0 Å². The van der Waals surface area contributed by atoms with E-state index in [0.29, 0.717) is 19.8 Å². The molecule has 0 atom stereocenters. The molecule has 0 spiro atoms. The Balaban J connectivity index is 1.80. The number of rotatable bonds is 7. The first-order chi connectivity index (χ1) is 8.42. The van der Waals surface area contributed by atoms with Gasteiger partial charge in [0.05, 0.1) is 19.8 Å². The zero-order valence-electron chi connectivity index (χ0n) is 9.93. The van der Waals surface area contributed by atoms with Crippen LogP contribution in [0.3, 0.4) is 0 Å². The molecule has 2 rings (SSSR count).